The lowest BCUT2D eigenvalue weighted by Gasteiger charge is -2.11. The maximum atomic E-state index is 13.0. The Morgan fingerprint density at radius 1 is 1.04 bits per heavy atom. The minimum absolute atomic E-state index is 0.0943. The molecule has 0 spiro atoms. The van der Waals surface area contributed by atoms with Crippen LogP contribution in [0.3, 0.4) is 0 Å². The van der Waals surface area contributed by atoms with Crippen LogP contribution >= 0.6 is 0 Å². The lowest BCUT2D eigenvalue weighted by atomic mass is 10.1. The molecule has 2 aromatic carbocycles. The van der Waals surface area contributed by atoms with Gasteiger partial charge in [-0.15, -0.1) is 0 Å². The van der Waals surface area contributed by atoms with Gasteiger partial charge in [0.15, 0.2) is 0 Å². The van der Waals surface area contributed by atoms with Crippen molar-refractivity contribution in [3.63, 3.8) is 0 Å². The van der Waals surface area contributed by atoms with Gasteiger partial charge in [0.25, 0.3) is 5.91 Å². The van der Waals surface area contributed by atoms with E-state index in [0.29, 0.717) is 5.57 Å². The molecule has 3 aromatic rings. The third kappa shape index (κ3) is 3.17. The van der Waals surface area contributed by atoms with Crippen LogP contribution in [0, 0.1) is 0 Å². The lowest BCUT2D eigenvalue weighted by molar-refractivity contribution is -0.114. The Morgan fingerprint density at radius 3 is 2.48 bits per heavy atom. The summed E-state index contributed by atoms with van der Waals surface area (Å²) < 4.78 is 2.20. The monoisotopic (exact) mass is 358 g/mol. The number of para-hydroxylation sites is 2. The third-order valence-corrected chi connectivity index (χ3v) is 4.62. The van der Waals surface area contributed by atoms with E-state index in [9.17, 15) is 4.79 Å². The summed E-state index contributed by atoms with van der Waals surface area (Å²) in [5.41, 5.74) is 4.32. The molecule has 0 unspecified atom stereocenters. The highest BCUT2D eigenvalue weighted by Crippen LogP contribution is 2.28. The van der Waals surface area contributed by atoms with Gasteiger partial charge in [0.1, 0.15) is 0 Å². The van der Waals surface area contributed by atoms with Crippen molar-refractivity contribution >= 4 is 34.3 Å². The van der Waals surface area contributed by atoms with E-state index in [4.69, 9.17) is 0 Å². The number of rotatable bonds is 4. The summed E-state index contributed by atoms with van der Waals surface area (Å²) in [7, 11) is 4.09. The van der Waals surface area contributed by atoms with Gasteiger partial charge >= 0.3 is 0 Å². The molecule has 0 saturated heterocycles. The first-order valence-electron chi connectivity index (χ1n) is 8.94. The van der Waals surface area contributed by atoms with Crippen LogP contribution in [0.15, 0.2) is 71.5 Å². The molecule has 0 N–H and O–H groups in total. The zero-order chi connectivity index (χ0) is 19.0. The first-order chi connectivity index (χ1) is 13.0. The normalized spacial score (nSPS) is 16.0. The van der Waals surface area contributed by atoms with Crippen LogP contribution in [-0.2, 0) is 11.5 Å². The van der Waals surface area contributed by atoms with Gasteiger partial charge < -0.3 is 4.57 Å². The zero-order valence-corrected chi connectivity index (χ0v) is 15.8. The van der Waals surface area contributed by atoms with E-state index in [-0.39, 0.29) is 5.91 Å². The van der Waals surface area contributed by atoms with Gasteiger partial charge in [-0.25, -0.2) is 0 Å². The Hall–Kier alpha value is -3.18. The summed E-state index contributed by atoms with van der Waals surface area (Å²) in [6.45, 7) is 2.66. The van der Waals surface area contributed by atoms with Crippen LogP contribution in [0.4, 0.5) is 5.69 Å². The molecule has 2 heterocycles. The van der Waals surface area contributed by atoms with Gasteiger partial charge in [-0.05, 0) is 45.3 Å². The van der Waals surface area contributed by atoms with E-state index in [2.05, 4.69) is 32.9 Å². The van der Waals surface area contributed by atoms with E-state index in [1.165, 1.54) is 5.01 Å². The summed E-state index contributed by atoms with van der Waals surface area (Å²) in [6, 6.07) is 17.8. The molecule has 0 atom stereocenters. The molecule has 27 heavy (non-hydrogen) atoms. The SMILES string of the molecule is CC1=NN(c2ccccc2)C(=O)/C1=C\c1cn(CN(C)C)c2ccccc12. The molecular weight excluding hydrogens is 336 g/mol. The molecule has 1 amide bonds. The summed E-state index contributed by atoms with van der Waals surface area (Å²) in [4.78, 5) is 15.1. The standard InChI is InChI=1S/C22H22N4O/c1-16-20(22(27)26(23-16)18-9-5-4-6-10-18)13-17-14-25(15-24(2)3)21-12-8-7-11-19(17)21/h4-14H,15H2,1-3H3/b20-13-. The smallest absolute Gasteiger partial charge is 0.280 e. The molecular formula is C22H22N4O. The molecule has 0 saturated carbocycles. The largest absolute Gasteiger partial charge is 0.333 e. The van der Waals surface area contributed by atoms with Crippen LogP contribution in [-0.4, -0.2) is 35.2 Å². The van der Waals surface area contributed by atoms with Crippen molar-refractivity contribution < 1.29 is 4.79 Å². The Kier molecular flexibility index (Phi) is 4.38. The highest BCUT2D eigenvalue weighted by atomic mass is 16.2. The van der Waals surface area contributed by atoms with Gasteiger partial charge in [0, 0.05) is 22.7 Å². The topological polar surface area (TPSA) is 40.8 Å². The molecule has 5 nitrogen and oxygen atoms in total. The number of fused-ring (bicyclic) bond motifs is 1. The number of hydrogen-bond donors (Lipinski definition) is 0. The molecule has 1 aromatic heterocycles. The van der Waals surface area contributed by atoms with Crippen LogP contribution in [0.1, 0.15) is 12.5 Å². The summed E-state index contributed by atoms with van der Waals surface area (Å²) in [5, 5.41) is 7.07. The highest BCUT2D eigenvalue weighted by Gasteiger charge is 2.28. The predicted octanol–water partition coefficient (Wildman–Crippen LogP) is 3.97. The minimum atomic E-state index is -0.0943. The Balaban J connectivity index is 1.76. The minimum Gasteiger partial charge on any atom is -0.333 e. The summed E-state index contributed by atoms with van der Waals surface area (Å²) >= 11 is 0. The first-order valence-corrected chi connectivity index (χ1v) is 8.94. The average molecular weight is 358 g/mol. The van der Waals surface area contributed by atoms with Gasteiger partial charge in [0.05, 0.1) is 23.6 Å². The number of carbonyl (C=O) groups excluding carboxylic acids is 1. The number of hydrazone groups is 1. The van der Waals surface area contributed by atoms with E-state index >= 15 is 0 Å². The van der Waals surface area contributed by atoms with E-state index in [1.807, 2.05) is 69.6 Å². The lowest BCUT2D eigenvalue weighted by Crippen LogP contribution is -2.21. The number of aromatic nitrogens is 1. The van der Waals surface area contributed by atoms with Gasteiger partial charge in [-0.1, -0.05) is 36.4 Å². The number of benzene rings is 2. The molecule has 4 rings (SSSR count). The van der Waals surface area contributed by atoms with Crippen molar-refractivity contribution in [2.75, 3.05) is 19.1 Å². The predicted molar refractivity (Wildman–Crippen MR) is 111 cm³/mol. The van der Waals surface area contributed by atoms with Crippen LogP contribution in [0.5, 0.6) is 0 Å². The number of hydrogen-bond acceptors (Lipinski definition) is 3. The molecule has 1 aliphatic rings. The van der Waals surface area contributed by atoms with Gasteiger partial charge in [-0.2, -0.15) is 10.1 Å². The molecule has 1 aliphatic heterocycles. The van der Waals surface area contributed by atoms with Crippen molar-refractivity contribution in [3.8, 4) is 0 Å². The maximum Gasteiger partial charge on any atom is 0.280 e. The van der Waals surface area contributed by atoms with Gasteiger partial charge in [0.2, 0.25) is 0 Å². The molecule has 0 radical (unpaired) electrons. The van der Waals surface area contributed by atoms with E-state index < -0.39 is 0 Å². The van der Waals surface area contributed by atoms with E-state index in [0.717, 1.165) is 34.5 Å². The summed E-state index contributed by atoms with van der Waals surface area (Å²) in [5.74, 6) is -0.0943. The molecule has 0 fully saturated rings. The molecule has 136 valence electrons. The molecule has 5 heteroatoms. The second kappa shape index (κ2) is 6.85. The maximum absolute atomic E-state index is 13.0. The number of nitrogens with zero attached hydrogens (tertiary/aromatic N) is 4. The van der Waals surface area contributed by atoms with Crippen LogP contribution < -0.4 is 5.01 Å². The number of amides is 1. The third-order valence-electron chi connectivity index (χ3n) is 4.62. The fraction of sp³-hybridized carbons (Fsp3) is 0.182. The van der Waals surface area contributed by atoms with Crippen molar-refractivity contribution in [3.05, 3.63) is 71.9 Å². The fourth-order valence-corrected chi connectivity index (χ4v) is 3.40. The second-order valence-electron chi connectivity index (χ2n) is 6.99. The van der Waals surface area contributed by atoms with Crippen molar-refractivity contribution in [1.29, 1.82) is 0 Å². The Morgan fingerprint density at radius 2 is 1.74 bits per heavy atom. The Bertz CT molecular complexity index is 1060. The van der Waals surface area contributed by atoms with Crippen molar-refractivity contribution in [2.45, 2.75) is 13.6 Å². The first kappa shape index (κ1) is 17.2. The van der Waals surface area contributed by atoms with E-state index in [1.54, 1.807) is 0 Å². The highest BCUT2D eigenvalue weighted by molar-refractivity contribution is 6.32. The summed E-state index contributed by atoms with van der Waals surface area (Å²) in [6.07, 6.45) is 4.06. The molecule has 0 aliphatic carbocycles. The zero-order valence-electron chi connectivity index (χ0n) is 15.8. The quantitative estimate of drug-likeness (QED) is 0.662. The number of anilines is 1. The van der Waals surface area contributed by atoms with Crippen molar-refractivity contribution in [1.82, 2.24) is 9.47 Å². The van der Waals surface area contributed by atoms with Crippen molar-refractivity contribution in [2.24, 2.45) is 5.10 Å². The number of carbonyl (C=O) groups is 1. The average Bonchev–Trinajstić information content (AvgIpc) is 3.15. The second-order valence-corrected chi connectivity index (χ2v) is 6.99. The Labute approximate surface area is 158 Å². The fourth-order valence-electron chi connectivity index (χ4n) is 3.40. The van der Waals surface area contributed by atoms with Crippen LogP contribution in [0.25, 0.3) is 17.0 Å². The van der Waals surface area contributed by atoms with Gasteiger partial charge in [-0.3, -0.25) is 9.69 Å². The van der Waals surface area contributed by atoms with Crippen LogP contribution in [0.2, 0.25) is 0 Å². The molecule has 0 bridgehead atoms.